The molecule has 0 amide bonds. The average molecular weight is 308 g/mol. The number of hydrogen-bond acceptors (Lipinski definition) is 5. The van der Waals surface area contributed by atoms with Gasteiger partial charge in [-0.1, -0.05) is 18.2 Å². The molecule has 0 saturated heterocycles. The molecular formula is C7H9KO7S2. The second kappa shape index (κ2) is 9.55. The van der Waals surface area contributed by atoms with E-state index in [9.17, 15) is 8.42 Å². The van der Waals surface area contributed by atoms with E-state index in [1.165, 1.54) is 6.07 Å². The average Bonchev–Trinajstić information content (AvgIpc) is 2.05. The van der Waals surface area contributed by atoms with Crippen molar-refractivity contribution in [3.8, 4) is 5.75 Å². The van der Waals surface area contributed by atoms with E-state index in [0.717, 1.165) is 0 Å². The van der Waals surface area contributed by atoms with Crippen LogP contribution < -0.4 is 55.6 Å². The Labute approximate surface area is 144 Å². The first-order valence-electron chi connectivity index (χ1n) is 3.73. The van der Waals surface area contributed by atoms with Gasteiger partial charge in [0.05, 0.1) is 11.4 Å². The fourth-order valence-corrected chi connectivity index (χ4v) is 1.18. The molecule has 7 nitrogen and oxygen atoms in total. The SMILES string of the molecule is Cc1ccccc1OS(=O)(=O)O.O=S([O-])O.[K+]. The Morgan fingerprint density at radius 2 is 1.76 bits per heavy atom. The topological polar surface area (TPSA) is 124 Å². The Morgan fingerprint density at radius 1 is 1.35 bits per heavy atom. The molecule has 1 atom stereocenters. The first-order valence-corrected chi connectivity index (χ1v) is 6.13. The van der Waals surface area contributed by atoms with Crippen LogP contribution in [0.2, 0.25) is 0 Å². The standard InChI is InChI=1S/C7H8O4S.K.H2O3S/c1-6-4-2-3-5-7(6)11-12(8,9)10;;1-4(2)3/h2-5H,1H3,(H,8,9,10);;(H2,1,2,3)/q;+1;/p-1. The molecule has 1 aromatic carbocycles. The molecule has 0 bridgehead atoms. The van der Waals surface area contributed by atoms with Crippen LogP contribution in [0, 0.1) is 6.92 Å². The van der Waals surface area contributed by atoms with Gasteiger partial charge in [-0.2, -0.15) is 8.42 Å². The largest absolute Gasteiger partial charge is 1.00 e. The smallest absolute Gasteiger partial charge is 0.750 e. The number of benzene rings is 1. The maximum absolute atomic E-state index is 10.3. The molecule has 0 aliphatic rings. The molecule has 92 valence electrons. The van der Waals surface area contributed by atoms with Gasteiger partial charge in [-0.05, 0) is 18.6 Å². The van der Waals surface area contributed by atoms with E-state index in [2.05, 4.69) is 4.18 Å². The van der Waals surface area contributed by atoms with E-state index in [1.807, 2.05) is 0 Å². The predicted molar refractivity (Wildman–Crippen MR) is 54.9 cm³/mol. The van der Waals surface area contributed by atoms with Crippen LogP contribution in [0.5, 0.6) is 5.75 Å². The molecule has 0 aliphatic heterocycles. The predicted octanol–water partition coefficient (Wildman–Crippen LogP) is -2.48. The Morgan fingerprint density at radius 3 is 2.12 bits per heavy atom. The number of aryl methyl sites for hydroxylation is 1. The summed E-state index contributed by atoms with van der Waals surface area (Å²) in [5, 5.41) is 0. The number of rotatable bonds is 2. The minimum atomic E-state index is -4.40. The van der Waals surface area contributed by atoms with Crippen LogP contribution >= 0.6 is 0 Å². The van der Waals surface area contributed by atoms with Gasteiger partial charge in [0.15, 0.2) is 0 Å². The molecule has 0 aromatic heterocycles. The summed E-state index contributed by atoms with van der Waals surface area (Å²) in [6, 6.07) is 6.50. The third-order valence-electron chi connectivity index (χ3n) is 1.29. The first-order chi connectivity index (χ1) is 7.22. The van der Waals surface area contributed by atoms with Crippen LogP contribution in [0.25, 0.3) is 0 Å². The van der Waals surface area contributed by atoms with Gasteiger partial charge in [-0.25, -0.2) is 4.21 Å². The molecule has 0 aliphatic carbocycles. The Balaban J connectivity index is 0. The van der Waals surface area contributed by atoms with Crippen LogP contribution in [0.4, 0.5) is 0 Å². The van der Waals surface area contributed by atoms with E-state index in [4.69, 9.17) is 17.9 Å². The molecule has 0 radical (unpaired) electrons. The van der Waals surface area contributed by atoms with E-state index in [0.29, 0.717) is 5.56 Å². The maximum atomic E-state index is 10.3. The van der Waals surface area contributed by atoms with E-state index in [-0.39, 0.29) is 57.1 Å². The quantitative estimate of drug-likeness (QED) is 0.352. The Kier molecular flexibility index (Phi) is 11.2. The summed E-state index contributed by atoms with van der Waals surface area (Å²) in [7, 11) is -4.40. The summed E-state index contributed by atoms with van der Waals surface area (Å²) in [6.07, 6.45) is 0. The minimum absolute atomic E-state index is 0. The van der Waals surface area contributed by atoms with Crippen molar-refractivity contribution in [2.24, 2.45) is 0 Å². The van der Waals surface area contributed by atoms with E-state index < -0.39 is 21.8 Å². The van der Waals surface area contributed by atoms with Crippen LogP contribution in [0.15, 0.2) is 24.3 Å². The Bertz CT molecular complexity index is 455. The van der Waals surface area contributed by atoms with Crippen molar-refractivity contribution in [2.75, 3.05) is 0 Å². The minimum Gasteiger partial charge on any atom is -0.750 e. The van der Waals surface area contributed by atoms with Crippen molar-refractivity contribution in [3.05, 3.63) is 29.8 Å². The van der Waals surface area contributed by atoms with Gasteiger partial charge in [0.2, 0.25) is 0 Å². The van der Waals surface area contributed by atoms with Crippen LogP contribution in [-0.2, 0) is 21.8 Å². The number of hydrogen-bond donors (Lipinski definition) is 2. The summed E-state index contributed by atoms with van der Waals surface area (Å²) in [5.74, 6) is 0.139. The summed E-state index contributed by atoms with van der Waals surface area (Å²) in [5.41, 5.74) is 0.648. The second-order valence-electron chi connectivity index (χ2n) is 2.49. The van der Waals surface area contributed by atoms with Crippen molar-refractivity contribution in [3.63, 3.8) is 0 Å². The summed E-state index contributed by atoms with van der Waals surface area (Å²) < 4.78 is 57.3. The number of para-hydroxylation sites is 1. The molecule has 2 N–H and O–H groups in total. The zero-order valence-electron chi connectivity index (χ0n) is 9.06. The monoisotopic (exact) mass is 308 g/mol. The van der Waals surface area contributed by atoms with E-state index >= 15 is 0 Å². The zero-order valence-corrected chi connectivity index (χ0v) is 13.8. The van der Waals surface area contributed by atoms with Crippen LogP contribution in [-0.4, -0.2) is 26.3 Å². The molecule has 0 saturated carbocycles. The zero-order chi connectivity index (χ0) is 12.8. The van der Waals surface area contributed by atoms with Gasteiger partial charge in [-0.3, -0.25) is 4.55 Å². The second-order valence-corrected chi connectivity index (χ2v) is 3.95. The molecule has 1 rings (SSSR count). The Hall–Kier alpha value is 0.636. The van der Waals surface area contributed by atoms with Crippen molar-refractivity contribution < 1.29 is 81.9 Å². The van der Waals surface area contributed by atoms with Gasteiger partial charge in [-0.15, -0.1) is 0 Å². The molecule has 17 heavy (non-hydrogen) atoms. The fraction of sp³-hybridized carbons (Fsp3) is 0.143. The van der Waals surface area contributed by atoms with Crippen molar-refractivity contribution in [2.45, 2.75) is 6.92 Å². The maximum Gasteiger partial charge on any atom is 1.00 e. The molecule has 0 heterocycles. The molecule has 10 heteroatoms. The summed E-state index contributed by atoms with van der Waals surface area (Å²) in [4.78, 5) is 0. The van der Waals surface area contributed by atoms with Crippen molar-refractivity contribution in [1.82, 2.24) is 0 Å². The molecular weight excluding hydrogens is 299 g/mol. The van der Waals surface area contributed by atoms with Crippen LogP contribution in [0.1, 0.15) is 5.56 Å². The van der Waals surface area contributed by atoms with E-state index in [1.54, 1.807) is 25.1 Å². The molecule has 0 spiro atoms. The van der Waals surface area contributed by atoms with Gasteiger partial charge >= 0.3 is 61.8 Å². The third-order valence-corrected chi connectivity index (χ3v) is 1.68. The van der Waals surface area contributed by atoms with Crippen molar-refractivity contribution in [1.29, 1.82) is 0 Å². The van der Waals surface area contributed by atoms with Crippen molar-refractivity contribution >= 4 is 21.8 Å². The molecule has 0 fully saturated rings. The molecule has 1 unspecified atom stereocenters. The van der Waals surface area contributed by atoms with Gasteiger partial charge in [0.25, 0.3) is 0 Å². The third kappa shape index (κ3) is 12.9. The van der Waals surface area contributed by atoms with Crippen LogP contribution in [0.3, 0.4) is 0 Å². The summed E-state index contributed by atoms with van der Waals surface area (Å²) >= 11 is -2.86. The van der Waals surface area contributed by atoms with Gasteiger partial charge in [0, 0.05) is 0 Å². The summed E-state index contributed by atoms with van der Waals surface area (Å²) in [6.45, 7) is 1.68. The first kappa shape index (κ1) is 20.0. The molecule has 1 aromatic rings. The van der Waals surface area contributed by atoms with Gasteiger partial charge < -0.3 is 13.3 Å². The normalized spacial score (nSPS) is 11.5. The fourth-order valence-electron chi connectivity index (χ4n) is 0.763. The van der Waals surface area contributed by atoms with Gasteiger partial charge in [0.1, 0.15) is 5.75 Å².